The van der Waals surface area contributed by atoms with E-state index in [9.17, 15) is 18.0 Å². The molecule has 2 N–H and O–H groups in total. The Hall–Kier alpha value is -3.36. The number of hydrogen-bond donors (Lipinski definition) is 2. The fraction of sp³-hybridized carbons (Fsp3) is 0.167. The highest BCUT2D eigenvalue weighted by atomic mass is 35.5. The molecule has 1 amide bonds. The van der Waals surface area contributed by atoms with Crippen LogP contribution in [-0.4, -0.2) is 26.9 Å². The van der Waals surface area contributed by atoms with Gasteiger partial charge in [-0.25, -0.2) is 13.2 Å². The zero-order chi connectivity index (χ0) is 24.2. The molecule has 0 spiro atoms. The zero-order valence-corrected chi connectivity index (χ0v) is 19.9. The molecule has 0 fully saturated rings. The molecule has 0 aliphatic carbocycles. The van der Waals surface area contributed by atoms with Crippen molar-refractivity contribution < 1.29 is 22.7 Å². The highest BCUT2D eigenvalue weighted by Gasteiger charge is 2.20. The van der Waals surface area contributed by atoms with E-state index in [1.807, 2.05) is 6.92 Å². The van der Waals surface area contributed by atoms with E-state index in [1.54, 1.807) is 44.2 Å². The van der Waals surface area contributed by atoms with Gasteiger partial charge in [-0.2, -0.15) is 0 Å². The molecule has 172 valence electrons. The van der Waals surface area contributed by atoms with Crippen LogP contribution in [0.3, 0.4) is 0 Å². The molecule has 3 rings (SSSR count). The van der Waals surface area contributed by atoms with Gasteiger partial charge in [0.25, 0.3) is 15.9 Å². The molecule has 0 unspecified atom stereocenters. The van der Waals surface area contributed by atoms with Gasteiger partial charge in [-0.3, -0.25) is 9.52 Å². The molecule has 0 heterocycles. The summed E-state index contributed by atoms with van der Waals surface area (Å²) in [5.74, 6) is -1.15. The molecule has 0 saturated heterocycles. The van der Waals surface area contributed by atoms with Gasteiger partial charge >= 0.3 is 5.97 Å². The van der Waals surface area contributed by atoms with Gasteiger partial charge in [0, 0.05) is 16.9 Å². The Balaban J connectivity index is 1.85. The van der Waals surface area contributed by atoms with Crippen LogP contribution in [0.25, 0.3) is 0 Å². The lowest BCUT2D eigenvalue weighted by Gasteiger charge is -2.13. The second kappa shape index (κ2) is 10.1. The predicted octanol–water partition coefficient (Wildman–Crippen LogP) is 5.19. The van der Waals surface area contributed by atoms with Crippen LogP contribution in [-0.2, 0) is 14.8 Å². The fourth-order valence-electron chi connectivity index (χ4n) is 3.03. The summed E-state index contributed by atoms with van der Waals surface area (Å²) in [5.41, 5.74) is 2.48. The van der Waals surface area contributed by atoms with Gasteiger partial charge in [0.1, 0.15) is 0 Å². The van der Waals surface area contributed by atoms with Crippen LogP contribution < -0.4 is 10.0 Å². The molecule has 0 bridgehead atoms. The Morgan fingerprint density at radius 2 is 1.61 bits per heavy atom. The largest absolute Gasteiger partial charge is 0.462 e. The number of rotatable bonds is 7. The van der Waals surface area contributed by atoms with E-state index in [4.69, 9.17) is 16.3 Å². The normalized spacial score (nSPS) is 11.0. The minimum Gasteiger partial charge on any atom is -0.462 e. The molecule has 0 saturated carbocycles. The van der Waals surface area contributed by atoms with Crippen molar-refractivity contribution in [1.82, 2.24) is 0 Å². The van der Waals surface area contributed by atoms with Gasteiger partial charge in [0.05, 0.1) is 22.1 Å². The van der Waals surface area contributed by atoms with Crippen LogP contribution in [0.2, 0.25) is 5.02 Å². The van der Waals surface area contributed by atoms with Crippen LogP contribution >= 0.6 is 11.6 Å². The molecule has 0 aliphatic heterocycles. The summed E-state index contributed by atoms with van der Waals surface area (Å²) < 4.78 is 33.4. The number of halogens is 1. The lowest BCUT2D eigenvalue weighted by atomic mass is 10.1. The van der Waals surface area contributed by atoms with Crippen molar-refractivity contribution in [2.24, 2.45) is 0 Å². The number of carbonyl (C=O) groups is 2. The third-order valence-electron chi connectivity index (χ3n) is 4.76. The summed E-state index contributed by atoms with van der Waals surface area (Å²) in [7, 11) is -3.92. The molecule has 7 nitrogen and oxygen atoms in total. The number of nitrogens with one attached hydrogen (secondary N) is 2. The van der Waals surface area contributed by atoms with Crippen LogP contribution in [0, 0.1) is 13.8 Å². The quantitative estimate of drug-likeness (QED) is 0.448. The summed E-state index contributed by atoms with van der Waals surface area (Å²) in [5, 5.41) is 2.85. The minimum atomic E-state index is -3.92. The van der Waals surface area contributed by atoms with Crippen molar-refractivity contribution in [2.45, 2.75) is 25.7 Å². The predicted molar refractivity (Wildman–Crippen MR) is 129 cm³/mol. The summed E-state index contributed by atoms with van der Waals surface area (Å²) in [6.07, 6.45) is 0. The number of anilines is 2. The third-order valence-corrected chi connectivity index (χ3v) is 6.62. The Labute approximate surface area is 197 Å². The standard InChI is InChI=1S/C24H23ClN2O5S/c1-4-32-24(29)20-14-19(11-12-21(20)25)26-23(28)17-8-7-16(3)22(13-17)33(30,31)27-18-9-5-15(2)6-10-18/h5-14,27H,4H2,1-3H3,(H,26,28). The van der Waals surface area contributed by atoms with Gasteiger partial charge in [0.2, 0.25) is 0 Å². The van der Waals surface area contributed by atoms with Gasteiger partial charge in [-0.1, -0.05) is 35.4 Å². The molecule has 0 aliphatic rings. The number of sulfonamides is 1. The van der Waals surface area contributed by atoms with Gasteiger partial charge in [-0.15, -0.1) is 0 Å². The average molecular weight is 487 g/mol. The highest BCUT2D eigenvalue weighted by molar-refractivity contribution is 7.92. The minimum absolute atomic E-state index is 0.0148. The lowest BCUT2D eigenvalue weighted by molar-refractivity contribution is 0.0526. The number of carbonyl (C=O) groups excluding carboxylic acids is 2. The maximum atomic E-state index is 13.0. The van der Waals surface area contributed by atoms with E-state index in [0.29, 0.717) is 16.9 Å². The number of amides is 1. The molecule has 33 heavy (non-hydrogen) atoms. The topological polar surface area (TPSA) is 102 Å². The SMILES string of the molecule is CCOC(=O)c1cc(NC(=O)c2ccc(C)c(S(=O)(=O)Nc3ccc(C)cc3)c2)ccc1Cl. The first-order valence-electron chi connectivity index (χ1n) is 10.1. The first-order chi connectivity index (χ1) is 15.6. The first-order valence-corrected chi connectivity index (χ1v) is 11.9. The fourth-order valence-corrected chi connectivity index (χ4v) is 4.56. The number of esters is 1. The Morgan fingerprint density at radius 3 is 2.27 bits per heavy atom. The van der Waals surface area contributed by atoms with Crippen molar-refractivity contribution in [3.05, 3.63) is 87.9 Å². The molecule has 0 aromatic heterocycles. The van der Waals surface area contributed by atoms with E-state index in [2.05, 4.69) is 10.0 Å². The first kappa shape index (κ1) is 24.3. The molecule has 9 heteroatoms. The van der Waals surface area contributed by atoms with Crippen LogP contribution in [0.5, 0.6) is 0 Å². The summed E-state index contributed by atoms with van der Waals surface area (Å²) in [6, 6.07) is 15.7. The molecule has 0 atom stereocenters. The molecular formula is C24H23ClN2O5S. The average Bonchev–Trinajstić information content (AvgIpc) is 2.76. The number of hydrogen-bond acceptors (Lipinski definition) is 5. The van der Waals surface area contributed by atoms with E-state index in [1.165, 1.54) is 30.3 Å². The molecule has 3 aromatic rings. The van der Waals surface area contributed by atoms with Crippen molar-refractivity contribution in [2.75, 3.05) is 16.6 Å². The van der Waals surface area contributed by atoms with E-state index in [-0.39, 0.29) is 27.7 Å². The van der Waals surface area contributed by atoms with Crippen LogP contribution in [0.15, 0.2) is 65.6 Å². The van der Waals surface area contributed by atoms with E-state index in [0.717, 1.165) is 5.56 Å². The zero-order valence-electron chi connectivity index (χ0n) is 18.3. The number of aryl methyl sites for hydroxylation is 2. The van der Waals surface area contributed by atoms with Gasteiger partial charge < -0.3 is 10.1 Å². The second-order valence-electron chi connectivity index (χ2n) is 7.32. The smallest absolute Gasteiger partial charge is 0.339 e. The molecule has 0 radical (unpaired) electrons. The molecular weight excluding hydrogens is 464 g/mol. The highest BCUT2D eigenvalue weighted by Crippen LogP contribution is 2.24. The van der Waals surface area contributed by atoms with Crippen molar-refractivity contribution >= 4 is 44.9 Å². The third kappa shape index (κ3) is 5.91. The van der Waals surface area contributed by atoms with Gasteiger partial charge in [-0.05, 0) is 68.8 Å². The van der Waals surface area contributed by atoms with E-state index >= 15 is 0 Å². The summed E-state index contributed by atoms with van der Waals surface area (Å²) in [4.78, 5) is 24.8. The lowest BCUT2D eigenvalue weighted by Crippen LogP contribution is -2.17. The monoisotopic (exact) mass is 486 g/mol. The summed E-state index contributed by atoms with van der Waals surface area (Å²) in [6.45, 7) is 5.41. The van der Waals surface area contributed by atoms with Crippen LogP contribution in [0.4, 0.5) is 11.4 Å². The number of ether oxygens (including phenoxy) is 1. The molecule has 3 aromatic carbocycles. The van der Waals surface area contributed by atoms with Gasteiger partial charge in [0.15, 0.2) is 0 Å². The Kier molecular flexibility index (Phi) is 7.40. The Morgan fingerprint density at radius 1 is 0.939 bits per heavy atom. The van der Waals surface area contributed by atoms with E-state index < -0.39 is 21.9 Å². The van der Waals surface area contributed by atoms with Crippen LogP contribution in [0.1, 0.15) is 38.8 Å². The second-order valence-corrected chi connectivity index (χ2v) is 9.38. The number of benzene rings is 3. The maximum absolute atomic E-state index is 13.0. The van der Waals surface area contributed by atoms with Crippen molar-refractivity contribution in [1.29, 1.82) is 0 Å². The Bertz CT molecular complexity index is 1300. The maximum Gasteiger partial charge on any atom is 0.339 e. The van der Waals surface area contributed by atoms with Crippen molar-refractivity contribution in [3.63, 3.8) is 0 Å². The summed E-state index contributed by atoms with van der Waals surface area (Å²) >= 11 is 6.06. The van der Waals surface area contributed by atoms with Crippen molar-refractivity contribution in [3.8, 4) is 0 Å².